The van der Waals surface area contributed by atoms with Gasteiger partial charge in [-0.1, -0.05) is 6.07 Å². The van der Waals surface area contributed by atoms with E-state index in [0.717, 1.165) is 23.6 Å². The first-order chi connectivity index (χ1) is 9.72. The highest BCUT2D eigenvalue weighted by Crippen LogP contribution is 2.23. The topological polar surface area (TPSA) is 43.4 Å². The second-order valence-corrected chi connectivity index (χ2v) is 4.61. The number of rotatable bonds is 6. The summed E-state index contributed by atoms with van der Waals surface area (Å²) in [6.07, 6.45) is 3.66. The first kappa shape index (κ1) is 14.3. The smallest absolute Gasteiger partial charge is 0.122 e. The largest absolute Gasteiger partial charge is 0.497 e. The van der Waals surface area contributed by atoms with Crippen molar-refractivity contribution in [2.45, 2.75) is 19.5 Å². The van der Waals surface area contributed by atoms with Crippen molar-refractivity contribution >= 4 is 0 Å². The Hall–Kier alpha value is -2.07. The number of aromatic nitrogens is 1. The maximum Gasteiger partial charge on any atom is 0.122 e. The zero-order valence-corrected chi connectivity index (χ0v) is 12.1. The first-order valence-corrected chi connectivity index (χ1v) is 6.58. The summed E-state index contributed by atoms with van der Waals surface area (Å²) >= 11 is 0. The van der Waals surface area contributed by atoms with Crippen LogP contribution in [0.25, 0.3) is 0 Å². The van der Waals surface area contributed by atoms with Crippen molar-refractivity contribution in [1.29, 1.82) is 0 Å². The van der Waals surface area contributed by atoms with E-state index in [0.29, 0.717) is 0 Å². The van der Waals surface area contributed by atoms with Gasteiger partial charge in [-0.2, -0.15) is 0 Å². The van der Waals surface area contributed by atoms with Crippen LogP contribution in [0.4, 0.5) is 0 Å². The summed E-state index contributed by atoms with van der Waals surface area (Å²) in [6.45, 7) is 2.86. The minimum absolute atomic E-state index is 0.237. The molecular weight excluding hydrogens is 252 g/mol. The van der Waals surface area contributed by atoms with Gasteiger partial charge in [0.25, 0.3) is 0 Å². The van der Waals surface area contributed by atoms with E-state index in [4.69, 9.17) is 9.47 Å². The predicted molar refractivity (Wildman–Crippen MR) is 79.0 cm³/mol. The van der Waals surface area contributed by atoms with Gasteiger partial charge in [0.1, 0.15) is 11.5 Å². The molecule has 0 aliphatic heterocycles. The van der Waals surface area contributed by atoms with Crippen LogP contribution >= 0.6 is 0 Å². The summed E-state index contributed by atoms with van der Waals surface area (Å²) in [5.41, 5.74) is 2.29. The molecular formula is C16H20N2O2. The van der Waals surface area contributed by atoms with Crippen LogP contribution in [0, 0.1) is 0 Å². The Morgan fingerprint density at radius 2 is 1.85 bits per heavy atom. The quantitative estimate of drug-likeness (QED) is 0.878. The van der Waals surface area contributed by atoms with Gasteiger partial charge < -0.3 is 14.8 Å². The fourth-order valence-electron chi connectivity index (χ4n) is 1.99. The Morgan fingerprint density at radius 3 is 2.40 bits per heavy atom. The molecule has 106 valence electrons. The molecule has 0 amide bonds. The first-order valence-electron chi connectivity index (χ1n) is 6.58. The average Bonchev–Trinajstić information content (AvgIpc) is 2.53. The van der Waals surface area contributed by atoms with Crippen molar-refractivity contribution in [3.8, 4) is 11.5 Å². The number of nitrogens with one attached hydrogen (secondary N) is 1. The molecule has 0 spiro atoms. The van der Waals surface area contributed by atoms with E-state index in [1.54, 1.807) is 20.4 Å². The highest BCUT2D eigenvalue weighted by atomic mass is 16.5. The van der Waals surface area contributed by atoms with Crippen molar-refractivity contribution < 1.29 is 9.47 Å². The molecule has 0 saturated carbocycles. The Labute approximate surface area is 119 Å². The number of hydrogen-bond donors (Lipinski definition) is 1. The molecule has 0 aliphatic carbocycles. The van der Waals surface area contributed by atoms with E-state index in [-0.39, 0.29) is 6.04 Å². The second-order valence-electron chi connectivity index (χ2n) is 4.61. The predicted octanol–water partition coefficient (Wildman–Crippen LogP) is 2.95. The van der Waals surface area contributed by atoms with Crippen molar-refractivity contribution in [3.05, 3.63) is 53.9 Å². The molecule has 1 atom stereocenters. The fraction of sp³-hybridized carbons (Fsp3) is 0.312. The van der Waals surface area contributed by atoms with Crippen LogP contribution in [0.3, 0.4) is 0 Å². The number of ether oxygens (including phenoxy) is 2. The van der Waals surface area contributed by atoms with Crippen molar-refractivity contribution in [2.24, 2.45) is 0 Å². The molecule has 0 unspecified atom stereocenters. The van der Waals surface area contributed by atoms with Gasteiger partial charge in [-0.3, -0.25) is 4.98 Å². The van der Waals surface area contributed by atoms with Gasteiger partial charge in [0.05, 0.1) is 14.2 Å². The summed E-state index contributed by atoms with van der Waals surface area (Å²) in [4.78, 5) is 4.14. The molecule has 0 saturated heterocycles. The lowest BCUT2D eigenvalue weighted by Crippen LogP contribution is -2.18. The Bertz CT molecular complexity index is 521. The molecule has 1 N–H and O–H groups in total. The number of methoxy groups -OCH3 is 2. The Kier molecular flexibility index (Phi) is 4.96. The average molecular weight is 272 g/mol. The second kappa shape index (κ2) is 6.91. The zero-order valence-electron chi connectivity index (χ0n) is 12.1. The Morgan fingerprint density at radius 1 is 1.15 bits per heavy atom. The van der Waals surface area contributed by atoms with Gasteiger partial charge in [-0.05, 0) is 36.2 Å². The summed E-state index contributed by atoms with van der Waals surface area (Å²) in [6, 6.07) is 10.1. The Balaban J connectivity index is 2.03. The van der Waals surface area contributed by atoms with Crippen molar-refractivity contribution in [3.63, 3.8) is 0 Å². The normalized spacial score (nSPS) is 11.9. The third-order valence-corrected chi connectivity index (χ3v) is 3.21. The zero-order chi connectivity index (χ0) is 14.4. The third kappa shape index (κ3) is 3.71. The lowest BCUT2D eigenvalue weighted by molar-refractivity contribution is 0.392. The van der Waals surface area contributed by atoms with Crippen molar-refractivity contribution in [1.82, 2.24) is 10.3 Å². The van der Waals surface area contributed by atoms with Crippen LogP contribution < -0.4 is 14.8 Å². The summed E-state index contributed by atoms with van der Waals surface area (Å²) in [5.74, 6) is 1.60. The third-order valence-electron chi connectivity index (χ3n) is 3.21. The van der Waals surface area contributed by atoms with Crippen LogP contribution in [0.15, 0.2) is 42.7 Å². The maximum absolute atomic E-state index is 5.27. The molecule has 2 rings (SSSR count). The highest BCUT2D eigenvalue weighted by Gasteiger charge is 2.06. The van der Waals surface area contributed by atoms with Gasteiger partial charge in [0.2, 0.25) is 0 Å². The van der Waals surface area contributed by atoms with Crippen molar-refractivity contribution in [2.75, 3.05) is 14.2 Å². The SMILES string of the molecule is COc1cc(CN[C@@H](C)c2cccnc2)cc(OC)c1. The van der Waals surface area contributed by atoms with Gasteiger partial charge in [0.15, 0.2) is 0 Å². The van der Waals surface area contributed by atoms with E-state index in [1.807, 2.05) is 30.5 Å². The van der Waals surface area contributed by atoms with Gasteiger partial charge in [0, 0.05) is 31.0 Å². The summed E-state index contributed by atoms with van der Waals surface area (Å²) < 4.78 is 10.5. The number of benzene rings is 1. The van der Waals surface area contributed by atoms with Crippen LogP contribution in [0.5, 0.6) is 11.5 Å². The molecule has 0 radical (unpaired) electrons. The molecule has 0 bridgehead atoms. The highest BCUT2D eigenvalue weighted by molar-refractivity contribution is 5.38. The van der Waals surface area contributed by atoms with E-state index in [1.165, 1.54) is 5.56 Å². The molecule has 1 aromatic heterocycles. The van der Waals surface area contributed by atoms with Gasteiger partial charge >= 0.3 is 0 Å². The molecule has 4 heteroatoms. The number of nitrogens with zero attached hydrogens (tertiary/aromatic N) is 1. The molecule has 0 fully saturated rings. The molecule has 0 aliphatic rings. The monoisotopic (exact) mass is 272 g/mol. The van der Waals surface area contributed by atoms with Crippen LogP contribution in [0.2, 0.25) is 0 Å². The molecule has 20 heavy (non-hydrogen) atoms. The summed E-state index contributed by atoms with van der Waals surface area (Å²) in [5, 5.41) is 3.47. The minimum atomic E-state index is 0.237. The minimum Gasteiger partial charge on any atom is -0.497 e. The van der Waals surface area contributed by atoms with E-state index >= 15 is 0 Å². The molecule has 2 aromatic rings. The van der Waals surface area contributed by atoms with E-state index in [9.17, 15) is 0 Å². The summed E-state index contributed by atoms with van der Waals surface area (Å²) in [7, 11) is 3.31. The van der Waals surface area contributed by atoms with Gasteiger partial charge in [-0.25, -0.2) is 0 Å². The van der Waals surface area contributed by atoms with Crippen LogP contribution in [-0.2, 0) is 6.54 Å². The fourth-order valence-corrected chi connectivity index (χ4v) is 1.99. The van der Waals surface area contributed by atoms with Crippen LogP contribution in [0.1, 0.15) is 24.1 Å². The lowest BCUT2D eigenvalue weighted by Gasteiger charge is -2.15. The number of hydrogen-bond acceptors (Lipinski definition) is 4. The lowest BCUT2D eigenvalue weighted by atomic mass is 10.1. The molecule has 1 heterocycles. The molecule has 1 aromatic carbocycles. The standard InChI is InChI=1S/C16H20N2O2/c1-12(14-5-4-6-17-11-14)18-10-13-7-15(19-2)9-16(8-13)20-3/h4-9,11-12,18H,10H2,1-3H3/t12-/m0/s1. The van der Waals surface area contributed by atoms with Gasteiger partial charge in [-0.15, -0.1) is 0 Å². The van der Waals surface area contributed by atoms with Crippen LogP contribution in [-0.4, -0.2) is 19.2 Å². The van der Waals surface area contributed by atoms with E-state index < -0.39 is 0 Å². The molecule has 4 nitrogen and oxygen atoms in total. The van der Waals surface area contributed by atoms with E-state index in [2.05, 4.69) is 23.3 Å². The number of pyridine rings is 1. The maximum atomic E-state index is 5.27.